The van der Waals surface area contributed by atoms with E-state index in [1.165, 1.54) is 13.4 Å². The molecular formula is C23H17N5O3. The van der Waals surface area contributed by atoms with Gasteiger partial charge in [0.1, 0.15) is 6.26 Å². The van der Waals surface area contributed by atoms with E-state index in [0.29, 0.717) is 5.89 Å². The van der Waals surface area contributed by atoms with Crippen LogP contribution < -0.4 is 0 Å². The second-order valence-electron chi connectivity index (χ2n) is 6.94. The van der Waals surface area contributed by atoms with Gasteiger partial charge in [-0.15, -0.1) is 0 Å². The molecular weight excluding hydrogens is 394 g/mol. The van der Waals surface area contributed by atoms with E-state index in [-0.39, 0.29) is 5.69 Å². The Kier molecular flexibility index (Phi) is 4.51. The van der Waals surface area contributed by atoms with Gasteiger partial charge >= 0.3 is 5.97 Å². The summed E-state index contributed by atoms with van der Waals surface area (Å²) < 4.78 is 10.2. The van der Waals surface area contributed by atoms with Crippen molar-refractivity contribution in [1.29, 1.82) is 0 Å². The van der Waals surface area contributed by atoms with Crippen LogP contribution in [0.2, 0.25) is 0 Å². The van der Waals surface area contributed by atoms with Gasteiger partial charge in [0.2, 0.25) is 5.89 Å². The predicted molar refractivity (Wildman–Crippen MR) is 114 cm³/mol. The Bertz CT molecular complexity index is 1420. The Balaban J connectivity index is 1.65. The van der Waals surface area contributed by atoms with Crippen molar-refractivity contribution in [3.8, 4) is 34.0 Å². The van der Waals surface area contributed by atoms with E-state index < -0.39 is 5.97 Å². The summed E-state index contributed by atoms with van der Waals surface area (Å²) in [4.78, 5) is 25.0. The number of rotatable bonds is 4. The molecule has 152 valence electrons. The van der Waals surface area contributed by atoms with Gasteiger partial charge < -0.3 is 9.15 Å². The molecule has 0 aliphatic rings. The summed E-state index contributed by atoms with van der Waals surface area (Å²) in [5.41, 5.74) is 6.05. The van der Waals surface area contributed by atoms with E-state index in [9.17, 15) is 4.79 Å². The molecule has 0 amide bonds. The number of hydrogen-bond acceptors (Lipinski definition) is 7. The van der Waals surface area contributed by atoms with Crippen LogP contribution in [0.25, 0.3) is 44.9 Å². The zero-order chi connectivity index (χ0) is 21.4. The largest absolute Gasteiger partial charge is 0.464 e. The van der Waals surface area contributed by atoms with Crippen molar-refractivity contribution in [3.05, 3.63) is 72.5 Å². The van der Waals surface area contributed by atoms with Crippen LogP contribution in [-0.4, -0.2) is 38.2 Å². The Morgan fingerprint density at radius 1 is 1.10 bits per heavy atom. The summed E-state index contributed by atoms with van der Waals surface area (Å²) >= 11 is 0. The number of H-pyrrole nitrogens is 1. The quantitative estimate of drug-likeness (QED) is 0.436. The standard InChI is InChI=1S/C23H17N5O3/c1-13-4-3-5-19(26-13)21-17(11-25-28-21)15-8-9-24-18-7-6-14(10-16(15)18)22-27-20(12-31-22)23(29)30-2/h3-12H,1-2H3,(H,25,28). The number of aromatic nitrogens is 5. The number of ether oxygens (including phenoxy) is 1. The maximum atomic E-state index is 11.7. The average Bonchev–Trinajstić information content (AvgIpc) is 3.48. The summed E-state index contributed by atoms with van der Waals surface area (Å²) in [5.74, 6) is -0.225. The number of fused-ring (bicyclic) bond motifs is 1. The van der Waals surface area contributed by atoms with Gasteiger partial charge in [-0.25, -0.2) is 9.78 Å². The highest BCUT2D eigenvalue weighted by Crippen LogP contribution is 2.35. The van der Waals surface area contributed by atoms with Crippen LogP contribution in [0.5, 0.6) is 0 Å². The van der Waals surface area contributed by atoms with Crippen LogP contribution >= 0.6 is 0 Å². The third-order valence-corrected chi connectivity index (χ3v) is 4.96. The van der Waals surface area contributed by atoms with E-state index in [1.54, 1.807) is 12.4 Å². The highest BCUT2D eigenvalue weighted by Gasteiger charge is 2.17. The van der Waals surface area contributed by atoms with E-state index in [1.807, 2.05) is 49.4 Å². The number of nitrogens with zero attached hydrogens (tertiary/aromatic N) is 4. The number of carbonyl (C=O) groups is 1. The number of hydrogen-bond donors (Lipinski definition) is 1. The molecule has 0 aliphatic carbocycles. The summed E-state index contributed by atoms with van der Waals surface area (Å²) in [6.07, 6.45) is 4.83. The van der Waals surface area contributed by atoms with E-state index in [0.717, 1.165) is 44.7 Å². The fraction of sp³-hybridized carbons (Fsp3) is 0.0870. The number of methoxy groups -OCH3 is 1. The molecule has 8 nitrogen and oxygen atoms in total. The van der Waals surface area contributed by atoms with Gasteiger partial charge in [-0.05, 0) is 48.9 Å². The summed E-state index contributed by atoms with van der Waals surface area (Å²) in [7, 11) is 1.30. The number of esters is 1. The first kappa shape index (κ1) is 18.7. The minimum Gasteiger partial charge on any atom is -0.464 e. The lowest BCUT2D eigenvalue weighted by Gasteiger charge is -2.08. The SMILES string of the molecule is COC(=O)c1coc(-c2ccc3nccc(-c4cn[nH]c4-c4cccc(C)n4)c3c2)n1. The second-order valence-corrected chi connectivity index (χ2v) is 6.94. The van der Waals surface area contributed by atoms with Gasteiger partial charge in [-0.2, -0.15) is 5.10 Å². The van der Waals surface area contributed by atoms with Crippen LogP contribution in [0.15, 0.2) is 65.5 Å². The molecule has 0 spiro atoms. The highest BCUT2D eigenvalue weighted by molar-refractivity contribution is 5.99. The number of nitrogens with one attached hydrogen (secondary N) is 1. The van der Waals surface area contributed by atoms with Crippen molar-refractivity contribution in [3.63, 3.8) is 0 Å². The first-order chi connectivity index (χ1) is 15.1. The highest BCUT2D eigenvalue weighted by atomic mass is 16.5. The predicted octanol–water partition coefficient (Wildman–Crippen LogP) is 4.44. The molecule has 0 aliphatic heterocycles. The van der Waals surface area contributed by atoms with E-state index >= 15 is 0 Å². The van der Waals surface area contributed by atoms with Crippen molar-refractivity contribution in [2.24, 2.45) is 0 Å². The molecule has 5 rings (SSSR count). The first-order valence-corrected chi connectivity index (χ1v) is 9.55. The fourth-order valence-corrected chi connectivity index (χ4v) is 3.49. The van der Waals surface area contributed by atoms with Crippen molar-refractivity contribution in [1.82, 2.24) is 25.1 Å². The Morgan fingerprint density at radius 2 is 2.00 bits per heavy atom. The number of benzene rings is 1. The molecule has 0 saturated heterocycles. The lowest BCUT2D eigenvalue weighted by Crippen LogP contribution is -2.00. The van der Waals surface area contributed by atoms with Crippen molar-refractivity contribution in [2.45, 2.75) is 6.92 Å². The number of aryl methyl sites for hydroxylation is 1. The lowest BCUT2D eigenvalue weighted by molar-refractivity contribution is 0.0594. The molecule has 4 aromatic heterocycles. The third-order valence-electron chi connectivity index (χ3n) is 4.96. The topological polar surface area (TPSA) is 107 Å². The number of oxazole rings is 1. The molecule has 8 heteroatoms. The molecule has 5 aromatic rings. The maximum absolute atomic E-state index is 11.7. The van der Waals surface area contributed by atoms with Gasteiger partial charge in [0.25, 0.3) is 0 Å². The van der Waals surface area contributed by atoms with Crippen LogP contribution in [0.1, 0.15) is 16.2 Å². The van der Waals surface area contributed by atoms with E-state index in [4.69, 9.17) is 9.15 Å². The molecule has 0 atom stereocenters. The van der Waals surface area contributed by atoms with Gasteiger partial charge in [0.15, 0.2) is 5.69 Å². The maximum Gasteiger partial charge on any atom is 0.360 e. The molecule has 0 saturated carbocycles. The normalized spacial score (nSPS) is 11.0. The van der Waals surface area contributed by atoms with Crippen molar-refractivity contribution in [2.75, 3.05) is 7.11 Å². The summed E-state index contributed by atoms with van der Waals surface area (Å²) in [6.45, 7) is 1.95. The number of pyridine rings is 2. The molecule has 0 unspecified atom stereocenters. The van der Waals surface area contributed by atoms with Crippen LogP contribution in [0, 0.1) is 6.92 Å². The number of carbonyl (C=O) groups excluding carboxylic acids is 1. The van der Waals surface area contributed by atoms with Gasteiger partial charge in [-0.3, -0.25) is 15.1 Å². The smallest absolute Gasteiger partial charge is 0.360 e. The summed E-state index contributed by atoms with van der Waals surface area (Å²) in [6, 6.07) is 13.5. The van der Waals surface area contributed by atoms with Gasteiger partial charge in [0.05, 0.1) is 30.2 Å². The molecule has 0 fully saturated rings. The molecule has 1 aromatic carbocycles. The molecule has 1 N–H and O–H groups in total. The monoisotopic (exact) mass is 411 g/mol. The van der Waals surface area contributed by atoms with Crippen LogP contribution in [0.4, 0.5) is 0 Å². The minimum absolute atomic E-state index is 0.117. The van der Waals surface area contributed by atoms with Crippen LogP contribution in [-0.2, 0) is 4.74 Å². The van der Waals surface area contributed by atoms with Crippen LogP contribution in [0.3, 0.4) is 0 Å². The Hall–Kier alpha value is -4.33. The van der Waals surface area contributed by atoms with Gasteiger partial charge in [0, 0.05) is 28.4 Å². The molecule has 4 heterocycles. The molecule has 0 radical (unpaired) electrons. The average molecular weight is 411 g/mol. The van der Waals surface area contributed by atoms with Gasteiger partial charge in [-0.1, -0.05) is 6.07 Å². The zero-order valence-electron chi connectivity index (χ0n) is 16.8. The van der Waals surface area contributed by atoms with Crippen molar-refractivity contribution >= 4 is 16.9 Å². The fourth-order valence-electron chi connectivity index (χ4n) is 3.49. The Labute approximate surface area is 177 Å². The number of aromatic amines is 1. The third kappa shape index (κ3) is 3.33. The van der Waals surface area contributed by atoms with Crippen molar-refractivity contribution < 1.29 is 13.9 Å². The first-order valence-electron chi connectivity index (χ1n) is 9.55. The van der Waals surface area contributed by atoms with E-state index in [2.05, 4.69) is 25.1 Å². The minimum atomic E-state index is -0.549. The summed E-state index contributed by atoms with van der Waals surface area (Å²) in [5, 5.41) is 8.22. The Morgan fingerprint density at radius 3 is 2.84 bits per heavy atom. The second kappa shape index (κ2) is 7.49. The molecule has 31 heavy (non-hydrogen) atoms. The zero-order valence-corrected chi connectivity index (χ0v) is 16.8. The lowest BCUT2D eigenvalue weighted by atomic mass is 9.99. The molecule has 0 bridgehead atoms.